The van der Waals surface area contributed by atoms with Gasteiger partial charge in [-0.1, -0.05) is 12.1 Å². The third kappa shape index (κ3) is 3.54. The van der Waals surface area contributed by atoms with Gasteiger partial charge in [0.05, 0.1) is 6.54 Å². The number of H-pyrrole nitrogens is 1. The van der Waals surface area contributed by atoms with Crippen LogP contribution in [0.1, 0.15) is 23.9 Å². The van der Waals surface area contributed by atoms with E-state index >= 15 is 0 Å². The number of ether oxygens (including phenoxy) is 1. The van der Waals surface area contributed by atoms with Gasteiger partial charge in [0, 0.05) is 7.05 Å². The van der Waals surface area contributed by atoms with Crippen LogP contribution in [0, 0.1) is 18.6 Å². The normalized spacial score (nSPS) is 12.0. The third-order valence-electron chi connectivity index (χ3n) is 3.62. The van der Waals surface area contributed by atoms with Crippen molar-refractivity contribution in [3.63, 3.8) is 0 Å². The van der Waals surface area contributed by atoms with Crippen LogP contribution in [0.25, 0.3) is 0 Å². The second-order valence-corrected chi connectivity index (χ2v) is 5.57. The molecule has 2 N–H and O–H groups in total. The standard InChI is InChI=1S/C15H20N4O2S/c1-9-6-5-7-12(10(9)2)21-11(3)14(20)16-8-13-17-18-15(22)19(13)4/h5-7,11H,8H2,1-4H3,(H,16,20)(H,18,22)/t11-/m1/s1. The number of rotatable bonds is 5. The van der Waals surface area contributed by atoms with E-state index in [1.807, 2.05) is 32.0 Å². The molecule has 118 valence electrons. The van der Waals surface area contributed by atoms with E-state index in [2.05, 4.69) is 15.5 Å². The Morgan fingerprint density at radius 3 is 2.86 bits per heavy atom. The summed E-state index contributed by atoms with van der Waals surface area (Å²) >= 11 is 5.03. The van der Waals surface area contributed by atoms with Crippen LogP contribution < -0.4 is 10.1 Å². The summed E-state index contributed by atoms with van der Waals surface area (Å²) in [5, 5.41) is 9.52. The molecule has 0 aliphatic carbocycles. The van der Waals surface area contributed by atoms with Crippen LogP contribution in [0.3, 0.4) is 0 Å². The molecule has 1 aromatic carbocycles. The number of benzene rings is 1. The zero-order valence-corrected chi connectivity index (χ0v) is 14.0. The molecule has 0 fully saturated rings. The van der Waals surface area contributed by atoms with Gasteiger partial charge >= 0.3 is 0 Å². The summed E-state index contributed by atoms with van der Waals surface area (Å²) in [6, 6.07) is 5.79. The SMILES string of the molecule is Cc1cccc(O[C@H](C)C(=O)NCc2n[nH]c(=S)n2C)c1C. The molecule has 0 bridgehead atoms. The summed E-state index contributed by atoms with van der Waals surface area (Å²) < 4.78 is 7.98. The van der Waals surface area contributed by atoms with Crippen molar-refractivity contribution in [1.29, 1.82) is 0 Å². The van der Waals surface area contributed by atoms with Gasteiger partial charge in [-0.15, -0.1) is 0 Å². The maximum absolute atomic E-state index is 12.1. The van der Waals surface area contributed by atoms with Crippen LogP contribution in [0.2, 0.25) is 0 Å². The molecule has 1 aromatic heterocycles. The molecule has 0 spiro atoms. The van der Waals surface area contributed by atoms with E-state index in [1.54, 1.807) is 18.5 Å². The lowest BCUT2D eigenvalue weighted by atomic mass is 10.1. The largest absolute Gasteiger partial charge is 0.481 e. The minimum Gasteiger partial charge on any atom is -0.481 e. The number of nitrogens with one attached hydrogen (secondary N) is 2. The van der Waals surface area contributed by atoms with Crippen LogP contribution in [-0.4, -0.2) is 26.8 Å². The molecule has 0 saturated carbocycles. The van der Waals surface area contributed by atoms with E-state index in [4.69, 9.17) is 17.0 Å². The Bertz CT molecular complexity index is 735. The first kappa shape index (κ1) is 16.2. The third-order valence-corrected chi connectivity index (χ3v) is 3.99. The first-order chi connectivity index (χ1) is 10.4. The number of aryl methyl sites for hydroxylation is 1. The van der Waals surface area contributed by atoms with E-state index in [9.17, 15) is 4.79 Å². The average Bonchev–Trinajstić information content (AvgIpc) is 2.81. The van der Waals surface area contributed by atoms with Gasteiger partial charge in [0.1, 0.15) is 5.75 Å². The topological polar surface area (TPSA) is 71.9 Å². The first-order valence-electron chi connectivity index (χ1n) is 7.01. The predicted octanol–water partition coefficient (Wildman–Crippen LogP) is 2.18. The second kappa shape index (κ2) is 6.74. The molecule has 1 atom stereocenters. The van der Waals surface area contributed by atoms with Gasteiger partial charge in [0.2, 0.25) is 0 Å². The van der Waals surface area contributed by atoms with Crippen molar-refractivity contribution >= 4 is 18.1 Å². The van der Waals surface area contributed by atoms with E-state index in [0.29, 0.717) is 17.1 Å². The highest BCUT2D eigenvalue weighted by Crippen LogP contribution is 2.21. The summed E-state index contributed by atoms with van der Waals surface area (Å²) in [5.74, 6) is 1.19. The molecular weight excluding hydrogens is 300 g/mol. The lowest BCUT2D eigenvalue weighted by molar-refractivity contribution is -0.127. The smallest absolute Gasteiger partial charge is 0.261 e. The van der Waals surface area contributed by atoms with Gasteiger partial charge in [-0.3, -0.25) is 9.89 Å². The molecule has 0 saturated heterocycles. The molecule has 0 unspecified atom stereocenters. The van der Waals surface area contributed by atoms with Crippen molar-refractivity contribution in [1.82, 2.24) is 20.1 Å². The number of nitrogens with zero attached hydrogens (tertiary/aromatic N) is 2. The molecule has 2 rings (SSSR count). The molecule has 1 heterocycles. The highest BCUT2D eigenvalue weighted by Gasteiger charge is 2.16. The number of amides is 1. The monoisotopic (exact) mass is 320 g/mol. The number of carbonyl (C=O) groups excluding carboxylic acids is 1. The summed E-state index contributed by atoms with van der Waals surface area (Å²) in [7, 11) is 1.79. The quantitative estimate of drug-likeness (QED) is 0.828. The Hall–Kier alpha value is -2.15. The van der Waals surface area contributed by atoms with Crippen LogP contribution in [0.15, 0.2) is 18.2 Å². The van der Waals surface area contributed by atoms with E-state index in [0.717, 1.165) is 16.9 Å². The Labute approximate surface area is 134 Å². The summed E-state index contributed by atoms with van der Waals surface area (Å²) in [6.07, 6.45) is -0.590. The molecule has 0 aliphatic heterocycles. The summed E-state index contributed by atoms with van der Waals surface area (Å²) in [6.45, 7) is 6.00. The van der Waals surface area contributed by atoms with Gasteiger partial charge in [0.15, 0.2) is 16.7 Å². The number of hydrogen-bond acceptors (Lipinski definition) is 4. The van der Waals surface area contributed by atoms with Crippen molar-refractivity contribution in [3.8, 4) is 5.75 Å². The lowest BCUT2D eigenvalue weighted by Gasteiger charge is -2.17. The number of hydrogen-bond donors (Lipinski definition) is 2. The Morgan fingerprint density at radius 2 is 2.23 bits per heavy atom. The Kier molecular flexibility index (Phi) is 4.97. The summed E-state index contributed by atoms with van der Waals surface area (Å²) in [4.78, 5) is 12.1. The molecule has 22 heavy (non-hydrogen) atoms. The van der Waals surface area contributed by atoms with Crippen molar-refractivity contribution in [2.45, 2.75) is 33.4 Å². The molecule has 1 amide bonds. The van der Waals surface area contributed by atoms with Crippen LogP contribution >= 0.6 is 12.2 Å². The zero-order chi connectivity index (χ0) is 16.3. The van der Waals surface area contributed by atoms with Crippen LogP contribution in [-0.2, 0) is 18.4 Å². The van der Waals surface area contributed by atoms with Crippen LogP contribution in [0.5, 0.6) is 5.75 Å². The highest BCUT2D eigenvalue weighted by atomic mass is 32.1. The molecule has 7 heteroatoms. The number of carbonyl (C=O) groups is 1. The van der Waals surface area contributed by atoms with Gasteiger partial charge < -0.3 is 14.6 Å². The maximum atomic E-state index is 12.1. The highest BCUT2D eigenvalue weighted by molar-refractivity contribution is 7.71. The van der Waals surface area contributed by atoms with E-state index < -0.39 is 6.10 Å². The molecule has 0 aliphatic rings. The number of aromatic amines is 1. The predicted molar refractivity (Wildman–Crippen MR) is 86.2 cm³/mol. The van der Waals surface area contributed by atoms with Crippen molar-refractivity contribution in [2.75, 3.05) is 0 Å². The Morgan fingerprint density at radius 1 is 1.50 bits per heavy atom. The maximum Gasteiger partial charge on any atom is 0.261 e. The van der Waals surface area contributed by atoms with E-state index in [1.165, 1.54) is 0 Å². The fraction of sp³-hybridized carbons (Fsp3) is 0.400. The molecule has 2 aromatic rings. The fourth-order valence-corrected chi connectivity index (χ4v) is 2.09. The second-order valence-electron chi connectivity index (χ2n) is 5.18. The van der Waals surface area contributed by atoms with Crippen molar-refractivity contribution < 1.29 is 9.53 Å². The van der Waals surface area contributed by atoms with Crippen LogP contribution in [0.4, 0.5) is 0 Å². The minimum atomic E-state index is -0.590. The molecular formula is C15H20N4O2S. The van der Waals surface area contributed by atoms with Gasteiger partial charge in [-0.05, 0) is 50.2 Å². The lowest BCUT2D eigenvalue weighted by Crippen LogP contribution is -2.36. The fourth-order valence-electron chi connectivity index (χ4n) is 1.94. The Balaban J connectivity index is 1.96. The van der Waals surface area contributed by atoms with Gasteiger partial charge in [0.25, 0.3) is 5.91 Å². The van der Waals surface area contributed by atoms with Gasteiger partial charge in [-0.2, -0.15) is 5.10 Å². The van der Waals surface area contributed by atoms with Crippen molar-refractivity contribution in [3.05, 3.63) is 39.9 Å². The zero-order valence-electron chi connectivity index (χ0n) is 13.1. The summed E-state index contributed by atoms with van der Waals surface area (Å²) in [5.41, 5.74) is 2.17. The molecule has 6 nitrogen and oxygen atoms in total. The minimum absolute atomic E-state index is 0.199. The van der Waals surface area contributed by atoms with E-state index in [-0.39, 0.29) is 5.91 Å². The van der Waals surface area contributed by atoms with Crippen molar-refractivity contribution in [2.24, 2.45) is 7.05 Å². The average molecular weight is 320 g/mol. The molecule has 0 radical (unpaired) electrons. The number of aromatic nitrogens is 3. The first-order valence-corrected chi connectivity index (χ1v) is 7.42. The van der Waals surface area contributed by atoms with Gasteiger partial charge in [-0.25, -0.2) is 0 Å².